The molecule has 3 N–H and O–H groups in total. The molecule has 114 valence electrons. The van der Waals surface area contributed by atoms with Crippen LogP contribution in [0.1, 0.15) is 36.0 Å². The van der Waals surface area contributed by atoms with E-state index in [9.17, 15) is 4.79 Å². The average Bonchev–Trinajstić information content (AvgIpc) is 3.30. The fraction of sp³-hybridized carbons (Fsp3) is 0.562. The third-order valence-corrected chi connectivity index (χ3v) is 4.87. The van der Waals surface area contributed by atoms with Gasteiger partial charge >= 0.3 is 0 Å². The molecule has 1 heterocycles. The van der Waals surface area contributed by atoms with Gasteiger partial charge in [-0.2, -0.15) is 0 Å². The number of benzene rings is 1. The molecule has 1 amide bonds. The number of carbonyl (C=O) groups is 1. The van der Waals surface area contributed by atoms with Crippen LogP contribution in [0, 0.1) is 5.92 Å². The summed E-state index contributed by atoms with van der Waals surface area (Å²) in [5.41, 5.74) is 7.19. The molecule has 2 aliphatic rings. The summed E-state index contributed by atoms with van der Waals surface area (Å²) in [5.74, 6) is 0.309. The largest absolute Gasteiger partial charge is 0.368 e. The zero-order chi connectivity index (χ0) is 14.8. The number of piperidine rings is 1. The molecule has 5 heteroatoms. The van der Waals surface area contributed by atoms with Gasteiger partial charge in [0.2, 0.25) is 0 Å². The zero-order valence-electron chi connectivity index (χ0n) is 12.1. The standard InChI is InChI=1S/C16H22BrN3O/c17-12-3-6-14(16(18)21)15(8-12)20(13-4-5-13)10-11-2-1-7-19-9-11/h3,6,8,11,13,19H,1-2,4-5,7,9-10H2,(H2,18,21). The van der Waals surface area contributed by atoms with Gasteiger partial charge in [-0.15, -0.1) is 0 Å². The third kappa shape index (κ3) is 3.58. The number of hydrogen-bond donors (Lipinski definition) is 2. The molecule has 4 nitrogen and oxygen atoms in total. The lowest BCUT2D eigenvalue weighted by atomic mass is 9.98. The van der Waals surface area contributed by atoms with E-state index < -0.39 is 0 Å². The summed E-state index contributed by atoms with van der Waals surface area (Å²) in [5, 5.41) is 3.47. The van der Waals surface area contributed by atoms with Crippen molar-refractivity contribution in [2.75, 3.05) is 24.5 Å². The monoisotopic (exact) mass is 351 g/mol. The van der Waals surface area contributed by atoms with Gasteiger partial charge in [-0.05, 0) is 62.9 Å². The van der Waals surface area contributed by atoms with Crippen LogP contribution in [-0.2, 0) is 0 Å². The van der Waals surface area contributed by atoms with Crippen LogP contribution in [0.3, 0.4) is 0 Å². The van der Waals surface area contributed by atoms with E-state index in [1.54, 1.807) is 0 Å². The van der Waals surface area contributed by atoms with Gasteiger partial charge < -0.3 is 16.0 Å². The summed E-state index contributed by atoms with van der Waals surface area (Å²) in [4.78, 5) is 14.1. The van der Waals surface area contributed by atoms with E-state index in [0.717, 1.165) is 29.8 Å². The molecule has 21 heavy (non-hydrogen) atoms. The highest BCUT2D eigenvalue weighted by Crippen LogP contribution is 2.36. The van der Waals surface area contributed by atoms with Crippen molar-refractivity contribution < 1.29 is 4.79 Å². The van der Waals surface area contributed by atoms with Gasteiger partial charge in [0.25, 0.3) is 5.91 Å². The Hall–Kier alpha value is -1.07. The second-order valence-corrected chi connectivity index (χ2v) is 7.04. The number of nitrogens with two attached hydrogens (primary N) is 1. The maximum Gasteiger partial charge on any atom is 0.250 e. The van der Waals surface area contributed by atoms with E-state index in [0.29, 0.717) is 17.5 Å². The van der Waals surface area contributed by atoms with Crippen LogP contribution in [0.2, 0.25) is 0 Å². The fourth-order valence-electron chi connectivity index (χ4n) is 3.14. The molecule has 1 aliphatic carbocycles. The van der Waals surface area contributed by atoms with Crippen molar-refractivity contribution in [1.29, 1.82) is 0 Å². The smallest absolute Gasteiger partial charge is 0.250 e. The number of carbonyl (C=O) groups excluding carboxylic acids is 1. The van der Waals surface area contributed by atoms with Crippen molar-refractivity contribution in [3.8, 4) is 0 Å². The molecule has 0 aromatic heterocycles. The lowest BCUT2D eigenvalue weighted by Gasteiger charge is -2.33. The first-order valence-electron chi connectivity index (χ1n) is 7.72. The maximum atomic E-state index is 11.7. The maximum absolute atomic E-state index is 11.7. The predicted octanol–water partition coefficient (Wildman–Crippen LogP) is 2.52. The molecule has 1 aromatic carbocycles. The van der Waals surface area contributed by atoms with Crippen molar-refractivity contribution in [3.63, 3.8) is 0 Å². The molecule has 3 rings (SSSR count). The Labute approximate surface area is 134 Å². The topological polar surface area (TPSA) is 58.4 Å². The van der Waals surface area contributed by atoms with Gasteiger partial charge in [0.05, 0.1) is 11.3 Å². The Morgan fingerprint density at radius 3 is 2.81 bits per heavy atom. The van der Waals surface area contributed by atoms with Crippen LogP contribution >= 0.6 is 15.9 Å². The predicted molar refractivity (Wildman–Crippen MR) is 88.6 cm³/mol. The molecule has 0 bridgehead atoms. The van der Waals surface area contributed by atoms with Gasteiger partial charge in [-0.1, -0.05) is 15.9 Å². The second-order valence-electron chi connectivity index (χ2n) is 6.12. The normalized spacial score (nSPS) is 22.0. The van der Waals surface area contributed by atoms with Crippen LogP contribution in [0.5, 0.6) is 0 Å². The highest BCUT2D eigenvalue weighted by atomic mass is 79.9. The van der Waals surface area contributed by atoms with Crippen LogP contribution in [-0.4, -0.2) is 31.6 Å². The minimum absolute atomic E-state index is 0.343. The van der Waals surface area contributed by atoms with Gasteiger partial charge in [0.1, 0.15) is 0 Å². The van der Waals surface area contributed by atoms with Gasteiger partial charge in [0, 0.05) is 17.1 Å². The first-order chi connectivity index (χ1) is 10.1. The second kappa shape index (κ2) is 6.36. The average molecular weight is 352 g/mol. The number of anilines is 1. The Balaban J connectivity index is 1.86. The summed E-state index contributed by atoms with van der Waals surface area (Å²) in [6.07, 6.45) is 4.93. The molecular formula is C16H22BrN3O. The zero-order valence-corrected chi connectivity index (χ0v) is 13.7. The summed E-state index contributed by atoms with van der Waals surface area (Å²) in [6, 6.07) is 6.32. The van der Waals surface area contributed by atoms with E-state index >= 15 is 0 Å². The first-order valence-corrected chi connectivity index (χ1v) is 8.51. The molecular weight excluding hydrogens is 330 g/mol. The van der Waals surface area contributed by atoms with Crippen LogP contribution in [0.15, 0.2) is 22.7 Å². The Bertz CT molecular complexity index is 524. The molecule has 0 spiro atoms. The van der Waals surface area contributed by atoms with Crippen molar-refractivity contribution in [2.45, 2.75) is 31.7 Å². The summed E-state index contributed by atoms with van der Waals surface area (Å²) >= 11 is 3.52. The minimum atomic E-state index is -0.343. The van der Waals surface area contributed by atoms with Gasteiger partial charge in [-0.3, -0.25) is 4.79 Å². The van der Waals surface area contributed by atoms with E-state index in [1.165, 1.54) is 25.7 Å². The lowest BCUT2D eigenvalue weighted by molar-refractivity contribution is 0.100. The molecule has 1 saturated carbocycles. The first kappa shape index (κ1) is 14.9. The van der Waals surface area contributed by atoms with Crippen molar-refractivity contribution in [1.82, 2.24) is 5.32 Å². The third-order valence-electron chi connectivity index (χ3n) is 4.38. The number of amides is 1. The summed E-state index contributed by atoms with van der Waals surface area (Å²) < 4.78 is 0.995. The molecule has 1 saturated heterocycles. The molecule has 1 atom stereocenters. The van der Waals surface area contributed by atoms with Crippen molar-refractivity contribution in [2.24, 2.45) is 11.7 Å². The quantitative estimate of drug-likeness (QED) is 0.856. The number of nitrogens with zero attached hydrogens (tertiary/aromatic N) is 1. The molecule has 0 radical (unpaired) electrons. The number of nitrogens with one attached hydrogen (secondary N) is 1. The van der Waals surface area contributed by atoms with Crippen LogP contribution in [0.4, 0.5) is 5.69 Å². The van der Waals surface area contributed by atoms with E-state index in [1.807, 2.05) is 18.2 Å². The highest BCUT2D eigenvalue weighted by Gasteiger charge is 2.33. The van der Waals surface area contributed by atoms with E-state index in [4.69, 9.17) is 5.73 Å². The Kier molecular flexibility index (Phi) is 4.50. The Morgan fingerprint density at radius 1 is 1.38 bits per heavy atom. The fourth-order valence-corrected chi connectivity index (χ4v) is 3.49. The summed E-state index contributed by atoms with van der Waals surface area (Å²) in [7, 11) is 0. The van der Waals surface area contributed by atoms with E-state index in [2.05, 4.69) is 26.1 Å². The van der Waals surface area contributed by atoms with E-state index in [-0.39, 0.29) is 5.91 Å². The highest BCUT2D eigenvalue weighted by molar-refractivity contribution is 9.10. The SMILES string of the molecule is NC(=O)c1ccc(Br)cc1N(CC1CCCNC1)C1CC1. The molecule has 1 aliphatic heterocycles. The van der Waals surface area contributed by atoms with Gasteiger partial charge in [0.15, 0.2) is 0 Å². The summed E-state index contributed by atoms with van der Waals surface area (Å²) in [6.45, 7) is 3.21. The van der Waals surface area contributed by atoms with Crippen molar-refractivity contribution in [3.05, 3.63) is 28.2 Å². The van der Waals surface area contributed by atoms with Gasteiger partial charge in [-0.25, -0.2) is 0 Å². The number of halogens is 1. The Morgan fingerprint density at radius 2 is 2.19 bits per heavy atom. The van der Waals surface area contributed by atoms with Crippen LogP contribution in [0.25, 0.3) is 0 Å². The minimum Gasteiger partial charge on any atom is -0.368 e. The van der Waals surface area contributed by atoms with Crippen molar-refractivity contribution >= 4 is 27.5 Å². The number of rotatable bonds is 5. The lowest BCUT2D eigenvalue weighted by Crippen LogP contribution is -2.40. The van der Waals surface area contributed by atoms with Crippen LogP contribution < -0.4 is 16.0 Å². The molecule has 2 fully saturated rings. The molecule has 1 aromatic rings. The number of hydrogen-bond acceptors (Lipinski definition) is 3. The number of primary amides is 1. The molecule has 1 unspecified atom stereocenters.